The molecule has 3 saturated heterocycles. The van der Waals surface area contributed by atoms with E-state index in [1.54, 1.807) is 0 Å². The number of nitrogens with one attached hydrogen (secondary N) is 1. The third-order valence-corrected chi connectivity index (χ3v) is 6.71. The molecule has 0 unspecified atom stereocenters. The number of piperidine rings is 2. The van der Waals surface area contributed by atoms with Gasteiger partial charge in [0.25, 0.3) is 0 Å². The van der Waals surface area contributed by atoms with E-state index in [0.717, 1.165) is 12.8 Å². The van der Waals surface area contributed by atoms with Crippen molar-refractivity contribution in [3.8, 4) is 5.75 Å². The summed E-state index contributed by atoms with van der Waals surface area (Å²) in [6.45, 7) is 4.97. The molecule has 0 bridgehead atoms. The quantitative estimate of drug-likeness (QED) is 0.786. The molecule has 3 amide bonds. The lowest BCUT2D eigenvalue weighted by Gasteiger charge is -2.49. The summed E-state index contributed by atoms with van der Waals surface area (Å²) in [5, 5.41) is 3.23. The fraction of sp³-hybridized carbons (Fsp3) is 0.619. The maximum atomic E-state index is 13.1. The van der Waals surface area contributed by atoms with Crippen LogP contribution in [-0.4, -0.2) is 72.8 Å². The van der Waals surface area contributed by atoms with Crippen molar-refractivity contribution in [2.45, 2.75) is 37.8 Å². The second-order valence-corrected chi connectivity index (χ2v) is 8.92. The number of rotatable bonds is 3. The first kappa shape index (κ1) is 21.2. The third-order valence-electron chi connectivity index (χ3n) is 6.41. The van der Waals surface area contributed by atoms with Gasteiger partial charge in [-0.05, 0) is 50.3 Å². The van der Waals surface area contributed by atoms with Gasteiger partial charge in [0.2, 0.25) is 5.91 Å². The van der Waals surface area contributed by atoms with Crippen molar-refractivity contribution in [1.29, 1.82) is 0 Å². The zero-order chi connectivity index (χ0) is 21.3. The van der Waals surface area contributed by atoms with Gasteiger partial charge in [-0.3, -0.25) is 4.79 Å². The highest BCUT2D eigenvalue weighted by atomic mass is 35.5. The number of urea groups is 1. The molecular weight excluding hydrogens is 413 g/mol. The molecule has 0 spiro atoms. The van der Waals surface area contributed by atoms with E-state index in [1.807, 2.05) is 16.7 Å². The number of hydrogen-bond acceptors (Lipinski definition) is 4. The molecular formula is C21H27ClFN3O4. The van der Waals surface area contributed by atoms with Gasteiger partial charge in [0, 0.05) is 26.2 Å². The molecule has 1 aromatic rings. The minimum absolute atomic E-state index is 0.0119. The normalized spacial score (nSPS) is 27.4. The third kappa shape index (κ3) is 4.49. The van der Waals surface area contributed by atoms with Crippen LogP contribution in [0.15, 0.2) is 18.2 Å². The van der Waals surface area contributed by atoms with Crippen LogP contribution in [0, 0.1) is 11.7 Å². The van der Waals surface area contributed by atoms with Gasteiger partial charge in [-0.15, -0.1) is 0 Å². The summed E-state index contributed by atoms with van der Waals surface area (Å²) in [6.07, 6.45) is 2.37. The predicted octanol–water partition coefficient (Wildman–Crippen LogP) is 2.67. The van der Waals surface area contributed by atoms with Gasteiger partial charge in [0.1, 0.15) is 18.2 Å². The minimum atomic E-state index is -0.406. The highest BCUT2D eigenvalue weighted by molar-refractivity contribution is 6.32. The van der Waals surface area contributed by atoms with Gasteiger partial charge < -0.3 is 24.6 Å². The van der Waals surface area contributed by atoms with E-state index in [1.165, 1.54) is 18.2 Å². The minimum Gasteiger partial charge on any atom is -0.492 e. The Hall–Kier alpha value is -2.06. The summed E-state index contributed by atoms with van der Waals surface area (Å²) in [4.78, 5) is 28.4. The topological polar surface area (TPSA) is 71.1 Å². The van der Waals surface area contributed by atoms with Gasteiger partial charge in [-0.1, -0.05) is 11.6 Å². The largest absolute Gasteiger partial charge is 0.492 e. The summed E-state index contributed by atoms with van der Waals surface area (Å²) < 4.78 is 24.6. The average molecular weight is 440 g/mol. The molecule has 3 fully saturated rings. The Morgan fingerprint density at radius 1 is 1.33 bits per heavy atom. The molecule has 3 aliphatic heterocycles. The van der Waals surface area contributed by atoms with E-state index in [9.17, 15) is 14.0 Å². The van der Waals surface area contributed by atoms with Crippen LogP contribution in [0.5, 0.6) is 5.75 Å². The molecule has 4 rings (SSSR count). The Balaban J connectivity index is 1.26. The summed E-state index contributed by atoms with van der Waals surface area (Å²) in [6, 6.07) is 3.93. The molecule has 0 aromatic heterocycles. The smallest absolute Gasteiger partial charge is 0.320 e. The maximum Gasteiger partial charge on any atom is 0.320 e. The van der Waals surface area contributed by atoms with Crippen molar-refractivity contribution in [2.75, 3.05) is 39.4 Å². The van der Waals surface area contributed by atoms with Gasteiger partial charge in [0.05, 0.1) is 23.3 Å². The van der Waals surface area contributed by atoms with Gasteiger partial charge >= 0.3 is 6.03 Å². The summed E-state index contributed by atoms with van der Waals surface area (Å²) in [7, 11) is 0. The zero-order valence-electron chi connectivity index (χ0n) is 17.0. The van der Waals surface area contributed by atoms with Gasteiger partial charge in [-0.2, -0.15) is 0 Å². The second kappa shape index (κ2) is 8.59. The highest BCUT2D eigenvalue weighted by Crippen LogP contribution is 2.30. The van der Waals surface area contributed by atoms with E-state index in [0.29, 0.717) is 50.9 Å². The first-order chi connectivity index (χ1) is 14.3. The predicted molar refractivity (Wildman–Crippen MR) is 109 cm³/mol. The van der Waals surface area contributed by atoms with Crippen molar-refractivity contribution in [2.24, 2.45) is 5.92 Å². The summed E-state index contributed by atoms with van der Waals surface area (Å²) in [5.41, 5.74) is -0.406. The first-order valence-electron chi connectivity index (χ1n) is 10.4. The summed E-state index contributed by atoms with van der Waals surface area (Å²) >= 11 is 6.01. The van der Waals surface area contributed by atoms with Crippen molar-refractivity contribution in [1.82, 2.24) is 15.1 Å². The second-order valence-electron chi connectivity index (χ2n) is 8.52. The number of nitrogens with zero attached hydrogens (tertiary/aromatic N) is 2. The molecule has 0 saturated carbocycles. The molecule has 1 aromatic carbocycles. The van der Waals surface area contributed by atoms with Crippen molar-refractivity contribution in [3.05, 3.63) is 29.0 Å². The van der Waals surface area contributed by atoms with E-state index in [2.05, 4.69) is 5.32 Å². The Bertz CT molecular complexity index is 817. The number of halogens is 2. The molecule has 0 radical (unpaired) electrons. The lowest BCUT2D eigenvalue weighted by Crippen LogP contribution is -2.67. The number of ether oxygens (including phenoxy) is 2. The number of benzene rings is 1. The number of amides is 3. The van der Waals surface area contributed by atoms with E-state index in [-0.39, 0.29) is 29.6 Å². The Labute approximate surface area is 180 Å². The Morgan fingerprint density at radius 3 is 2.83 bits per heavy atom. The lowest BCUT2D eigenvalue weighted by atomic mass is 9.87. The molecule has 1 N–H and O–H groups in total. The van der Waals surface area contributed by atoms with Crippen LogP contribution in [-0.2, 0) is 9.53 Å². The van der Waals surface area contributed by atoms with Crippen LogP contribution >= 0.6 is 11.6 Å². The summed E-state index contributed by atoms with van der Waals surface area (Å²) in [5.74, 6) is 0.265. The van der Waals surface area contributed by atoms with Crippen LogP contribution in [0.25, 0.3) is 0 Å². The van der Waals surface area contributed by atoms with Crippen molar-refractivity contribution >= 4 is 23.5 Å². The monoisotopic (exact) mass is 439 g/mol. The van der Waals surface area contributed by atoms with Gasteiger partial charge in [0.15, 0.2) is 0 Å². The zero-order valence-corrected chi connectivity index (χ0v) is 17.8. The molecule has 2 atom stereocenters. The Kier molecular flexibility index (Phi) is 6.06. The molecule has 164 valence electrons. The van der Waals surface area contributed by atoms with E-state index >= 15 is 0 Å². The van der Waals surface area contributed by atoms with Crippen molar-refractivity contribution < 1.29 is 23.5 Å². The van der Waals surface area contributed by atoms with Crippen molar-refractivity contribution in [3.63, 3.8) is 0 Å². The lowest BCUT2D eigenvalue weighted by molar-refractivity contribution is -0.156. The van der Waals surface area contributed by atoms with Crippen LogP contribution < -0.4 is 10.1 Å². The number of carbonyl (C=O) groups excluding carboxylic acids is 2. The highest BCUT2D eigenvalue weighted by Gasteiger charge is 2.46. The number of fused-ring (bicyclic) bond motifs is 1. The SMILES string of the molecule is C[C@@]12CCN(C(=O)N3CCC(COc4ccc(F)cc4Cl)CC3)C[C@@H]1NC(=O)CO2. The van der Waals surface area contributed by atoms with E-state index < -0.39 is 11.4 Å². The maximum absolute atomic E-state index is 13.1. The standard InChI is InChI=1S/C21H27ClFN3O4/c1-21-6-9-26(11-18(21)24-19(27)13-30-21)20(28)25-7-4-14(5-8-25)12-29-17-3-2-15(23)10-16(17)22/h2-3,10,14,18H,4-9,11-13H2,1H3,(H,24,27)/t18-,21+/m0/s1. The molecule has 30 heavy (non-hydrogen) atoms. The van der Waals surface area contributed by atoms with Crippen LogP contribution in [0.3, 0.4) is 0 Å². The van der Waals surface area contributed by atoms with Crippen LogP contribution in [0.4, 0.5) is 9.18 Å². The number of morpholine rings is 1. The molecule has 7 nitrogen and oxygen atoms in total. The molecule has 3 aliphatic rings. The van der Waals surface area contributed by atoms with Gasteiger partial charge in [-0.25, -0.2) is 9.18 Å². The van der Waals surface area contributed by atoms with Crippen LogP contribution in [0.2, 0.25) is 5.02 Å². The number of hydrogen-bond donors (Lipinski definition) is 1. The number of carbonyl (C=O) groups is 2. The average Bonchev–Trinajstić information content (AvgIpc) is 2.73. The Morgan fingerprint density at radius 2 is 2.10 bits per heavy atom. The first-order valence-corrected chi connectivity index (χ1v) is 10.8. The molecule has 9 heteroatoms. The van der Waals surface area contributed by atoms with E-state index in [4.69, 9.17) is 21.1 Å². The van der Waals surface area contributed by atoms with Crippen LogP contribution in [0.1, 0.15) is 26.2 Å². The molecule has 3 heterocycles. The fourth-order valence-corrected chi connectivity index (χ4v) is 4.56. The molecule has 0 aliphatic carbocycles. The fourth-order valence-electron chi connectivity index (χ4n) is 4.34. The number of likely N-dealkylation sites (tertiary alicyclic amines) is 2.